The molecule has 0 saturated heterocycles. The average Bonchev–Trinajstić information content (AvgIpc) is 3.55. The number of methoxy groups -OCH3 is 1. The normalized spacial score (nSPS) is 11.4. The lowest BCUT2D eigenvalue weighted by Gasteiger charge is -2.26. The highest BCUT2D eigenvalue weighted by Crippen LogP contribution is 2.33. The summed E-state index contributed by atoms with van der Waals surface area (Å²) in [4.78, 5) is 20.2. The topological polar surface area (TPSA) is 158 Å². The van der Waals surface area contributed by atoms with Gasteiger partial charge >= 0.3 is 0 Å². The lowest BCUT2D eigenvalue weighted by Crippen LogP contribution is -2.34. The number of benzene rings is 3. The van der Waals surface area contributed by atoms with Crippen LogP contribution in [0, 0.1) is 0 Å². The number of imidazole rings is 1. The maximum atomic E-state index is 14.2. The van der Waals surface area contributed by atoms with Gasteiger partial charge in [0.1, 0.15) is 22.2 Å². The minimum Gasteiger partial charge on any atom is -0.495 e. The van der Waals surface area contributed by atoms with E-state index in [9.17, 15) is 13.2 Å². The van der Waals surface area contributed by atoms with Crippen LogP contribution in [0.5, 0.6) is 5.75 Å². The van der Waals surface area contributed by atoms with Crippen molar-refractivity contribution in [3.05, 3.63) is 89.2 Å². The van der Waals surface area contributed by atoms with E-state index < -0.39 is 15.9 Å². The van der Waals surface area contributed by atoms with Gasteiger partial charge in [0.15, 0.2) is 0 Å². The molecule has 4 rings (SSSR count). The van der Waals surface area contributed by atoms with Gasteiger partial charge in [-0.1, -0.05) is 46.3 Å². The summed E-state index contributed by atoms with van der Waals surface area (Å²) >= 11 is 3.40. The van der Waals surface area contributed by atoms with Gasteiger partial charge in [-0.25, -0.2) is 13.4 Å². The Labute approximate surface area is 271 Å². The van der Waals surface area contributed by atoms with Crippen LogP contribution < -0.4 is 20.1 Å². The van der Waals surface area contributed by atoms with Gasteiger partial charge in [0.05, 0.1) is 65.2 Å². The lowest BCUT2D eigenvalue weighted by molar-refractivity contribution is 0.0176. The maximum Gasteiger partial charge on any atom is 0.273 e. The van der Waals surface area contributed by atoms with Crippen LogP contribution in [-0.4, -0.2) is 84.1 Å². The van der Waals surface area contributed by atoms with Crippen molar-refractivity contribution in [1.82, 2.24) is 9.97 Å². The second-order valence-electron chi connectivity index (χ2n) is 9.51. The van der Waals surface area contributed by atoms with Crippen LogP contribution in [-0.2, 0) is 24.2 Å². The van der Waals surface area contributed by atoms with Crippen molar-refractivity contribution in [2.45, 2.75) is 4.90 Å². The number of nitrogens with one attached hydrogen (secondary N) is 2. The van der Waals surface area contributed by atoms with Crippen LogP contribution in [0.3, 0.4) is 0 Å². The van der Waals surface area contributed by atoms with E-state index in [1.165, 1.54) is 29.7 Å². The van der Waals surface area contributed by atoms with E-state index in [2.05, 4.69) is 31.2 Å². The molecule has 0 radical (unpaired) electrons. The summed E-state index contributed by atoms with van der Waals surface area (Å²) in [6.07, 6.45) is 1.43. The number of halogens is 1. The molecule has 45 heavy (non-hydrogen) atoms. The van der Waals surface area contributed by atoms with Crippen molar-refractivity contribution in [2.75, 3.05) is 69.5 Å². The van der Waals surface area contributed by atoms with E-state index in [-0.39, 0.29) is 41.8 Å². The zero-order valence-corrected chi connectivity index (χ0v) is 27.2. The zero-order valence-electron chi connectivity index (χ0n) is 24.8. The molecule has 12 nitrogen and oxygen atoms in total. The molecule has 0 aliphatic heterocycles. The molecule has 0 bridgehead atoms. The highest BCUT2D eigenvalue weighted by atomic mass is 79.9. The highest BCUT2D eigenvalue weighted by Gasteiger charge is 2.29. The van der Waals surface area contributed by atoms with E-state index in [0.717, 1.165) is 10.0 Å². The van der Waals surface area contributed by atoms with Crippen molar-refractivity contribution >= 4 is 43.2 Å². The molecule has 1 aromatic heterocycles. The smallest absolute Gasteiger partial charge is 0.273 e. The molecule has 1 amide bonds. The average molecular weight is 703 g/mol. The van der Waals surface area contributed by atoms with E-state index in [1.54, 1.807) is 30.3 Å². The van der Waals surface area contributed by atoms with Crippen LogP contribution in [0.2, 0.25) is 0 Å². The number of nitrogens with two attached hydrogens (primary N) is 1. The fourth-order valence-electron chi connectivity index (χ4n) is 4.22. The van der Waals surface area contributed by atoms with Crippen LogP contribution in [0.25, 0.3) is 11.4 Å². The number of carbonyl (C=O) groups excluding carboxylic acids is 1. The van der Waals surface area contributed by atoms with Gasteiger partial charge in [0.2, 0.25) is 0 Å². The first kappa shape index (κ1) is 34.1. The number of anilines is 2. The van der Waals surface area contributed by atoms with Gasteiger partial charge in [-0.3, -0.25) is 9.10 Å². The first-order valence-electron chi connectivity index (χ1n) is 14.1. The van der Waals surface area contributed by atoms with Crippen LogP contribution in [0.1, 0.15) is 10.5 Å². The first-order chi connectivity index (χ1) is 21.8. The molecule has 0 unspecified atom stereocenters. The van der Waals surface area contributed by atoms with Crippen LogP contribution >= 0.6 is 15.9 Å². The number of nitrogens with zero attached hydrogens (tertiary/aromatic N) is 2. The second-order valence-corrected chi connectivity index (χ2v) is 12.3. The molecule has 0 spiro atoms. The number of amides is 1. The minimum absolute atomic E-state index is 0.0136. The number of H-pyrrole nitrogens is 1. The Bertz CT molecular complexity index is 1620. The number of hydrogen-bond donors (Lipinski definition) is 3. The molecule has 4 aromatic rings. The molecular weight excluding hydrogens is 666 g/mol. The van der Waals surface area contributed by atoms with Crippen molar-refractivity contribution in [2.24, 2.45) is 5.73 Å². The van der Waals surface area contributed by atoms with Crippen molar-refractivity contribution in [1.29, 1.82) is 0 Å². The van der Waals surface area contributed by atoms with E-state index in [4.69, 9.17) is 24.7 Å². The first-order valence-corrected chi connectivity index (χ1v) is 16.4. The molecule has 0 fully saturated rings. The van der Waals surface area contributed by atoms with Gasteiger partial charge in [-0.05, 0) is 42.5 Å². The van der Waals surface area contributed by atoms with Crippen molar-refractivity contribution in [3.8, 4) is 17.1 Å². The molecule has 0 aliphatic rings. The SMILES string of the molecule is COc1ccc(NC(=O)c2cnc(-c3ccccc3)[nH]2)cc1S(=O)(=O)N(CCOCCOCCOCCN)c1ccc(Br)cc1. The third kappa shape index (κ3) is 9.60. The molecule has 4 N–H and O–H groups in total. The highest BCUT2D eigenvalue weighted by molar-refractivity contribution is 9.10. The predicted octanol–water partition coefficient (Wildman–Crippen LogP) is 4.30. The number of ether oxygens (including phenoxy) is 4. The summed E-state index contributed by atoms with van der Waals surface area (Å²) < 4.78 is 52.2. The second kappa shape index (κ2) is 17.1. The Morgan fingerprint density at radius 2 is 1.60 bits per heavy atom. The fraction of sp³-hybridized carbons (Fsp3) is 0.290. The third-order valence-corrected chi connectivity index (χ3v) is 8.79. The monoisotopic (exact) mass is 701 g/mol. The van der Waals surface area contributed by atoms with Gasteiger partial charge in [0.25, 0.3) is 15.9 Å². The van der Waals surface area contributed by atoms with Crippen LogP contribution in [0.15, 0.2) is 88.4 Å². The molecule has 0 atom stereocenters. The van der Waals surface area contributed by atoms with Gasteiger partial charge in [0, 0.05) is 22.3 Å². The molecule has 240 valence electrons. The molecular formula is C31H36BrN5O7S. The van der Waals surface area contributed by atoms with Gasteiger partial charge < -0.3 is 35.0 Å². The quantitative estimate of drug-likeness (QED) is 0.129. The van der Waals surface area contributed by atoms with Gasteiger partial charge in [-0.2, -0.15) is 0 Å². The molecule has 0 aliphatic carbocycles. The summed E-state index contributed by atoms with van der Waals surface area (Å²) in [5.41, 5.74) is 7.12. The summed E-state index contributed by atoms with van der Waals surface area (Å²) in [6, 6.07) is 20.7. The summed E-state index contributed by atoms with van der Waals surface area (Å²) in [5, 5.41) is 2.75. The van der Waals surface area contributed by atoms with E-state index in [1.807, 2.05) is 30.3 Å². The van der Waals surface area contributed by atoms with Crippen molar-refractivity contribution < 1.29 is 32.2 Å². The minimum atomic E-state index is -4.19. The summed E-state index contributed by atoms with van der Waals surface area (Å²) in [5.74, 6) is 0.174. The molecule has 14 heteroatoms. The molecule has 0 saturated carbocycles. The Morgan fingerprint density at radius 1 is 0.933 bits per heavy atom. The number of rotatable bonds is 18. The van der Waals surface area contributed by atoms with E-state index >= 15 is 0 Å². The number of aromatic amines is 1. The number of sulfonamides is 1. The third-order valence-electron chi connectivity index (χ3n) is 6.42. The molecule has 3 aromatic carbocycles. The summed E-state index contributed by atoms with van der Waals surface area (Å²) in [6.45, 7) is 2.48. The zero-order chi connectivity index (χ0) is 32.1. The van der Waals surface area contributed by atoms with Crippen molar-refractivity contribution in [3.63, 3.8) is 0 Å². The fourth-order valence-corrected chi connectivity index (χ4v) is 6.12. The Kier molecular flexibility index (Phi) is 12.9. The Hall–Kier alpha value is -3.79. The number of carbonyl (C=O) groups is 1. The predicted molar refractivity (Wildman–Crippen MR) is 175 cm³/mol. The number of aromatic nitrogens is 2. The maximum absolute atomic E-state index is 14.2. The summed E-state index contributed by atoms with van der Waals surface area (Å²) in [7, 11) is -2.81. The molecule has 1 heterocycles. The van der Waals surface area contributed by atoms with Crippen LogP contribution in [0.4, 0.5) is 11.4 Å². The Morgan fingerprint density at radius 3 is 2.27 bits per heavy atom. The van der Waals surface area contributed by atoms with Gasteiger partial charge in [-0.15, -0.1) is 0 Å². The number of hydrogen-bond acceptors (Lipinski definition) is 9. The Balaban J connectivity index is 1.48. The standard InChI is InChI=1S/C31H36BrN5O7S/c1-41-28-12-9-25(35-31(38)27-22-34-30(36-27)23-5-3-2-4-6-23)21-29(28)45(39,40)37(26-10-7-24(32)8-11-26)14-16-43-18-20-44-19-17-42-15-13-33/h2-12,21-22H,13-20,33H2,1H3,(H,34,36)(H,35,38). The lowest BCUT2D eigenvalue weighted by atomic mass is 10.2. The largest absolute Gasteiger partial charge is 0.495 e. The van der Waals surface area contributed by atoms with E-state index in [0.29, 0.717) is 44.5 Å².